The van der Waals surface area contributed by atoms with Gasteiger partial charge in [0, 0.05) is 19.4 Å². The Balaban J connectivity index is 1.59. The monoisotopic (exact) mass is 295 g/mol. The molecule has 0 unspecified atom stereocenters. The molecule has 0 bridgehead atoms. The van der Waals surface area contributed by atoms with E-state index < -0.39 is 0 Å². The minimum Gasteiger partial charge on any atom is -0.351 e. The van der Waals surface area contributed by atoms with Crippen LogP contribution in [0.15, 0.2) is 53.8 Å². The number of hydrogen-bond acceptors (Lipinski definition) is 4. The van der Waals surface area contributed by atoms with Crippen molar-refractivity contribution in [2.45, 2.75) is 13.1 Å². The number of rotatable bonds is 4. The predicted octanol–water partition coefficient (Wildman–Crippen LogP) is 0.989. The summed E-state index contributed by atoms with van der Waals surface area (Å²) < 4.78 is 1.94. The third kappa shape index (κ3) is 3.20. The molecule has 112 valence electrons. The van der Waals surface area contributed by atoms with Crippen molar-refractivity contribution in [1.82, 2.24) is 30.2 Å². The van der Waals surface area contributed by atoms with Gasteiger partial charge in [-0.2, -0.15) is 0 Å². The van der Waals surface area contributed by atoms with Crippen LogP contribution in [-0.4, -0.2) is 32.6 Å². The van der Waals surface area contributed by atoms with E-state index in [-0.39, 0.29) is 0 Å². The molecule has 3 aromatic heterocycles. The zero-order valence-corrected chi connectivity index (χ0v) is 12.3. The van der Waals surface area contributed by atoms with Crippen LogP contribution in [0.4, 0.5) is 0 Å². The van der Waals surface area contributed by atoms with Crippen LogP contribution in [-0.2, 0) is 13.1 Å². The standard InChI is InChI=1S/C15H17N7/c1-16-15(18-10-12-6-2-4-8-17-12)19-11-14-21-20-13-7-3-5-9-22(13)14/h2-9H,10-11H2,1H3,(H2,16,18,19). The molecule has 3 heterocycles. The van der Waals surface area contributed by atoms with Crippen molar-refractivity contribution < 1.29 is 0 Å². The highest BCUT2D eigenvalue weighted by Crippen LogP contribution is 2.02. The average Bonchev–Trinajstić information content (AvgIpc) is 2.99. The number of aromatic nitrogens is 4. The van der Waals surface area contributed by atoms with Crippen LogP contribution < -0.4 is 10.6 Å². The first-order chi connectivity index (χ1) is 10.9. The largest absolute Gasteiger partial charge is 0.351 e. The van der Waals surface area contributed by atoms with Crippen LogP contribution in [0.25, 0.3) is 5.65 Å². The van der Waals surface area contributed by atoms with E-state index in [9.17, 15) is 0 Å². The van der Waals surface area contributed by atoms with Crippen molar-refractivity contribution in [3.63, 3.8) is 0 Å². The highest BCUT2D eigenvalue weighted by atomic mass is 15.3. The van der Waals surface area contributed by atoms with Gasteiger partial charge < -0.3 is 10.6 Å². The maximum absolute atomic E-state index is 4.26. The Morgan fingerprint density at radius 3 is 2.77 bits per heavy atom. The van der Waals surface area contributed by atoms with Gasteiger partial charge in [-0.3, -0.25) is 14.4 Å². The molecule has 0 amide bonds. The molecule has 0 aliphatic rings. The van der Waals surface area contributed by atoms with Crippen molar-refractivity contribution in [3.05, 3.63) is 60.3 Å². The number of hydrogen-bond donors (Lipinski definition) is 2. The molecule has 3 aromatic rings. The lowest BCUT2D eigenvalue weighted by atomic mass is 10.3. The van der Waals surface area contributed by atoms with Crippen LogP contribution in [0.2, 0.25) is 0 Å². The van der Waals surface area contributed by atoms with E-state index in [1.54, 1.807) is 13.2 Å². The van der Waals surface area contributed by atoms with Crippen LogP contribution in [0, 0.1) is 0 Å². The molecule has 0 saturated carbocycles. The van der Waals surface area contributed by atoms with Crippen molar-refractivity contribution in [1.29, 1.82) is 0 Å². The predicted molar refractivity (Wildman–Crippen MR) is 84.3 cm³/mol. The van der Waals surface area contributed by atoms with Gasteiger partial charge >= 0.3 is 0 Å². The highest BCUT2D eigenvalue weighted by molar-refractivity contribution is 5.79. The normalized spacial score (nSPS) is 11.6. The van der Waals surface area contributed by atoms with Crippen molar-refractivity contribution in [2.24, 2.45) is 4.99 Å². The summed E-state index contributed by atoms with van der Waals surface area (Å²) in [5, 5.41) is 14.7. The molecular weight excluding hydrogens is 278 g/mol. The minimum atomic E-state index is 0.535. The maximum Gasteiger partial charge on any atom is 0.191 e. The first-order valence-electron chi connectivity index (χ1n) is 7.00. The zero-order valence-electron chi connectivity index (χ0n) is 12.3. The molecule has 0 fully saturated rings. The SMILES string of the molecule is CN=C(NCc1ccccn1)NCc1nnc2ccccn12. The number of aliphatic imine (C=N–C) groups is 1. The van der Waals surface area contributed by atoms with E-state index in [0.717, 1.165) is 17.2 Å². The average molecular weight is 295 g/mol. The van der Waals surface area contributed by atoms with Gasteiger partial charge in [0.25, 0.3) is 0 Å². The smallest absolute Gasteiger partial charge is 0.191 e. The summed E-state index contributed by atoms with van der Waals surface area (Å²) in [4.78, 5) is 8.46. The Hall–Kier alpha value is -2.96. The van der Waals surface area contributed by atoms with E-state index >= 15 is 0 Å². The lowest BCUT2D eigenvalue weighted by molar-refractivity contribution is 0.756. The second-order valence-corrected chi connectivity index (χ2v) is 4.65. The van der Waals surface area contributed by atoms with E-state index in [1.165, 1.54) is 0 Å². The summed E-state index contributed by atoms with van der Waals surface area (Å²) in [6.07, 6.45) is 3.71. The molecule has 0 saturated heterocycles. The van der Waals surface area contributed by atoms with Gasteiger partial charge in [-0.05, 0) is 24.3 Å². The fourth-order valence-electron chi connectivity index (χ4n) is 2.07. The molecule has 7 heteroatoms. The minimum absolute atomic E-state index is 0.535. The molecular formula is C15H17N7. The number of fused-ring (bicyclic) bond motifs is 1. The summed E-state index contributed by atoms with van der Waals surface area (Å²) in [6, 6.07) is 11.6. The lowest BCUT2D eigenvalue weighted by Crippen LogP contribution is -2.36. The zero-order chi connectivity index (χ0) is 15.2. The van der Waals surface area contributed by atoms with Crippen molar-refractivity contribution in [2.75, 3.05) is 7.05 Å². The first kappa shape index (κ1) is 14.0. The van der Waals surface area contributed by atoms with Crippen LogP contribution >= 0.6 is 0 Å². The number of pyridine rings is 2. The topological polar surface area (TPSA) is 79.5 Å². The summed E-state index contributed by atoms with van der Waals surface area (Å²) in [6.45, 7) is 1.15. The Kier molecular flexibility index (Phi) is 4.24. The molecule has 0 aliphatic heterocycles. The van der Waals surface area contributed by atoms with Gasteiger partial charge in [0.2, 0.25) is 0 Å². The molecule has 0 spiro atoms. The second-order valence-electron chi connectivity index (χ2n) is 4.65. The summed E-state index contributed by atoms with van der Waals surface area (Å²) >= 11 is 0. The molecule has 7 nitrogen and oxygen atoms in total. The van der Waals surface area contributed by atoms with E-state index in [2.05, 4.69) is 30.8 Å². The molecule has 0 atom stereocenters. The Morgan fingerprint density at radius 2 is 1.95 bits per heavy atom. The first-order valence-corrected chi connectivity index (χ1v) is 7.00. The molecule has 2 N–H and O–H groups in total. The summed E-state index contributed by atoms with van der Waals surface area (Å²) in [7, 11) is 1.73. The Bertz CT molecular complexity index is 764. The summed E-state index contributed by atoms with van der Waals surface area (Å²) in [5.74, 6) is 1.52. The van der Waals surface area contributed by atoms with E-state index in [1.807, 2.05) is 47.0 Å². The Morgan fingerprint density at radius 1 is 1.09 bits per heavy atom. The maximum atomic E-state index is 4.26. The summed E-state index contributed by atoms with van der Waals surface area (Å²) in [5.41, 5.74) is 1.79. The fraction of sp³-hybridized carbons (Fsp3) is 0.200. The second kappa shape index (κ2) is 6.66. The number of nitrogens with one attached hydrogen (secondary N) is 2. The van der Waals surface area contributed by atoms with E-state index in [0.29, 0.717) is 19.0 Å². The lowest BCUT2D eigenvalue weighted by Gasteiger charge is -2.10. The molecule has 0 aromatic carbocycles. The van der Waals surface area contributed by atoms with Gasteiger partial charge in [-0.1, -0.05) is 12.1 Å². The third-order valence-corrected chi connectivity index (χ3v) is 3.18. The van der Waals surface area contributed by atoms with Crippen LogP contribution in [0.3, 0.4) is 0 Å². The van der Waals surface area contributed by atoms with Gasteiger partial charge in [-0.25, -0.2) is 0 Å². The van der Waals surface area contributed by atoms with Crippen LogP contribution in [0.5, 0.6) is 0 Å². The van der Waals surface area contributed by atoms with Crippen molar-refractivity contribution >= 4 is 11.6 Å². The molecule has 3 rings (SSSR count). The van der Waals surface area contributed by atoms with E-state index in [4.69, 9.17) is 0 Å². The van der Waals surface area contributed by atoms with Gasteiger partial charge in [0.1, 0.15) is 0 Å². The number of nitrogens with zero attached hydrogens (tertiary/aromatic N) is 5. The van der Waals surface area contributed by atoms with Crippen molar-refractivity contribution in [3.8, 4) is 0 Å². The van der Waals surface area contributed by atoms with Crippen LogP contribution in [0.1, 0.15) is 11.5 Å². The molecule has 0 aliphatic carbocycles. The van der Waals surface area contributed by atoms with Gasteiger partial charge in [0.15, 0.2) is 17.4 Å². The van der Waals surface area contributed by atoms with Gasteiger partial charge in [-0.15, -0.1) is 10.2 Å². The fourth-order valence-corrected chi connectivity index (χ4v) is 2.07. The molecule has 0 radical (unpaired) electrons. The third-order valence-electron chi connectivity index (χ3n) is 3.18. The molecule has 22 heavy (non-hydrogen) atoms. The highest BCUT2D eigenvalue weighted by Gasteiger charge is 2.05. The quantitative estimate of drug-likeness (QED) is 0.554. The number of guanidine groups is 1. The Labute approximate surface area is 128 Å². The van der Waals surface area contributed by atoms with Gasteiger partial charge in [0.05, 0.1) is 18.8 Å².